The first-order chi connectivity index (χ1) is 14.0. The molecule has 1 aliphatic heterocycles. The average Bonchev–Trinajstić information content (AvgIpc) is 2.73. The summed E-state index contributed by atoms with van der Waals surface area (Å²) in [7, 11) is 1.25. The molecule has 1 amide bonds. The third kappa shape index (κ3) is 4.97. The second-order valence-corrected chi connectivity index (χ2v) is 6.28. The second-order valence-electron chi connectivity index (χ2n) is 6.28. The molecule has 0 saturated carbocycles. The summed E-state index contributed by atoms with van der Waals surface area (Å²) in [5.41, 5.74) is 0.891. The van der Waals surface area contributed by atoms with Gasteiger partial charge in [0.15, 0.2) is 0 Å². The molecule has 0 unspecified atom stereocenters. The maximum Gasteiger partial charge on any atom is 0.340 e. The average molecular weight is 402 g/mol. The van der Waals surface area contributed by atoms with Crippen LogP contribution in [0.1, 0.15) is 15.9 Å². The first-order valence-corrected chi connectivity index (χ1v) is 8.97. The van der Waals surface area contributed by atoms with Gasteiger partial charge in [0.1, 0.15) is 11.6 Å². The number of hydrogen-bond donors (Lipinski definition) is 1. The first-order valence-electron chi connectivity index (χ1n) is 8.97. The maximum atomic E-state index is 13.7. The van der Waals surface area contributed by atoms with E-state index < -0.39 is 23.5 Å². The summed E-state index contributed by atoms with van der Waals surface area (Å²) in [4.78, 5) is 26.5. The van der Waals surface area contributed by atoms with Crippen LogP contribution in [0, 0.1) is 11.6 Å². The van der Waals surface area contributed by atoms with Crippen molar-refractivity contribution in [3.63, 3.8) is 0 Å². The molecule has 1 heterocycles. The van der Waals surface area contributed by atoms with Crippen LogP contribution in [0.3, 0.4) is 0 Å². The van der Waals surface area contributed by atoms with Crippen LogP contribution in [0.15, 0.2) is 42.5 Å². The lowest BCUT2D eigenvalue weighted by atomic mass is 10.1. The number of methoxy groups -OCH3 is 1. The minimum absolute atomic E-state index is 0.176. The topological polar surface area (TPSA) is 67.9 Å². The zero-order valence-electron chi connectivity index (χ0n) is 15.8. The second kappa shape index (κ2) is 9.29. The number of benzene rings is 2. The van der Waals surface area contributed by atoms with Crippen molar-refractivity contribution in [1.82, 2.24) is 0 Å². The molecule has 1 aliphatic rings. The van der Waals surface area contributed by atoms with Gasteiger partial charge in [-0.3, -0.25) is 4.79 Å². The number of amides is 1. The molecule has 2 aromatic rings. The highest BCUT2D eigenvalue weighted by Gasteiger charge is 2.18. The number of hydrogen-bond acceptors (Lipinski definition) is 5. The predicted octanol–water partition coefficient (Wildman–Crippen LogP) is 3.24. The lowest BCUT2D eigenvalue weighted by Gasteiger charge is -2.29. The number of ether oxygens (including phenoxy) is 2. The molecule has 2 aromatic carbocycles. The fraction of sp³-hybridized carbons (Fsp3) is 0.238. The third-order valence-corrected chi connectivity index (χ3v) is 4.44. The number of anilines is 2. The van der Waals surface area contributed by atoms with Crippen LogP contribution >= 0.6 is 0 Å². The van der Waals surface area contributed by atoms with Gasteiger partial charge in [-0.2, -0.15) is 0 Å². The van der Waals surface area contributed by atoms with E-state index in [0.717, 1.165) is 30.0 Å². The summed E-state index contributed by atoms with van der Waals surface area (Å²) in [5, 5.41) is 2.55. The molecule has 3 rings (SSSR count). The van der Waals surface area contributed by atoms with E-state index in [0.29, 0.717) is 26.3 Å². The number of carbonyl (C=O) groups is 2. The Balaban J connectivity index is 1.81. The lowest BCUT2D eigenvalue weighted by Crippen LogP contribution is -2.36. The van der Waals surface area contributed by atoms with Crippen LogP contribution in [0.2, 0.25) is 0 Å². The van der Waals surface area contributed by atoms with Crippen molar-refractivity contribution in [2.45, 2.75) is 0 Å². The van der Waals surface area contributed by atoms with Crippen LogP contribution in [0.5, 0.6) is 0 Å². The Morgan fingerprint density at radius 2 is 1.83 bits per heavy atom. The lowest BCUT2D eigenvalue weighted by molar-refractivity contribution is -0.111. The molecule has 1 fully saturated rings. The van der Waals surface area contributed by atoms with Crippen LogP contribution in [-0.2, 0) is 14.3 Å². The molecule has 0 aromatic heterocycles. The van der Waals surface area contributed by atoms with E-state index in [-0.39, 0.29) is 16.8 Å². The number of esters is 1. The number of nitrogens with zero attached hydrogens (tertiary/aromatic N) is 1. The molecule has 0 spiro atoms. The molecule has 6 nitrogen and oxygen atoms in total. The van der Waals surface area contributed by atoms with Crippen molar-refractivity contribution in [3.05, 3.63) is 65.2 Å². The Hall–Kier alpha value is -3.26. The highest BCUT2D eigenvalue weighted by molar-refractivity contribution is 6.06. The van der Waals surface area contributed by atoms with Crippen LogP contribution in [-0.4, -0.2) is 45.3 Å². The number of rotatable bonds is 5. The Morgan fingerprint density at radius 1 is 1.14 bits per heavy atom. The number of morpholine rings is 1. The van der Waals surface area contributed by atoms with E-state index >= 15 is 0 Å². The minimum atomic E-state index is -0.779. The fourth-order valence-corrected chi connectivity index (χ4v) is 2.94. The standard InChI is InChI=1S/C21H20F2N2O4/c1-28-21(27)16-13-14(25-9-11-29-12-10-25)5-7-19(16)24-20(26)8-6-15-17(22)3-2-4-18(15)23/h2-8,13H,9-12H2,1H3,(H,24,26)/b8-6+. The summed E-state index contributed by atoms with van der Waals surface area (Å²) in [5.74, 6) is -2.81. The zero-order chi connectivity index (χ0) is 20.8. The van der Waals surface area contributed by atoms with Gasteiger partial charge in [0.2, 0.25) is 5.91 Å². The van der Waals surface area contributed by atoms with Crippen LogP contribution in [0.4, 0.5) is 20.2 Å². The summed E-state index contributed by atoms with van der Waals surface area (Å²) >= 11 is 0. The van der Waals surface area contributed by atoms with E-state index in [1.165, 1.54) is 13.2 Å². The molecule has 0 aliphatic carbocycles. The van der Waals surface area contributed by atoms with Crippen molar-refractivity contribution in [1.29, 1.82) is 0 Å². The van der Waals surface area contributed by atoms with Crippen LogP contribution in [0.25, 0.3) is 6.08 Å². The highest BCUT2D eigenvalue weighted by Crippen LogP contribution is 2.25. The van der Waals surface area contributed by atoms with Gasteiger partial charge < -0.3 is 19.7 Å². The van der Waals surface area contributed by atoms with Gasteiger partial charge in [-0.05, 0) is 36.4 Å². The molecule has 29 heavy (non-hydrogen) atoms. The van der Waals surface area contributed by atoms with E-state index in [1.807, 2.05) is 0 Å². The first kappa shape index (κ1) is 20.5. The van der Waals surface area contributed by atoms with Gasteiger partial charge in [-0.15, -0.1) is 0 Å². The monoisotopic (exact) mass is 402 g/mol. The fourth-order valence-electron chi connectivity index (χ4n) is 2.94. The van der Waals surface area contributed by atoms with Gasteiger partial charge >= 0.3 is 5.97 Å². The van der Waals surface area contributed by atoms with E-state index in [2.05, 4.69) is 10.2 Å². The minimum Gasteiger partial charge on any atom is -0.465 e. The number of halogens is 2. The molecule has 1 N–H and O–H groups in total. The Bertz CT molecular complexity index is 920. The summed E-state index contributed by atoms with van der Waals surface area (Å²) in [6.07, 6.45) is 2.04. The molecule has 152 valence electrons. The Morgan fingerprint density at radius 3 is 2.48 bits per heavy atom. The molecule has 0 atom stereocenters. The van der Waals surface area contributed by atoms with Crippen molar-refractivity contribution in [2.24, 2.45) is 0 Å². The molecule has 0 radical (unpaired) electrons. The zero-order valence-corrected chi connectivity index (χ0v) is 15.8. The van der Waals surface area contributed by atoms with Gasteiger partial charge in [0.25, 0.3) is 0 Å². The Kier molecular flexibility index (Phi) is 6.56. The van der Waals surface area contributed by atoms with Gasteiger partial charge in [0, 0.05) is 30.4 Å². The normalized spacial score (nSPS) is 14.1. The summed E-state index contributed by atoms with van der Waals surface area (Å²) < 4.78 is 37.5. The summed E-state index contributed by atoms with van der Waals surface area (Å²) in [6.45, 7) is 2.54. The van der Waals surface area contributed by atoms with Crippen molar-refractivity contribution in [3.8, 4) is 0 Å². The smallest absolute Gasteiger partial charge is 0.340 e. The van der Waals surface area contributed by atoms with E-state index in [9.17, 15) is 18.4 Å². The maximum absolute atomic E-state index is 13.7. The summed E-state index contributed by atoms with van der Waals surface area (Å²) in [6, 6.07) is 8.43. The highest BCUT2D eigenvalue weighted by atomic mass is 19.1. The SMILES string of the molecule is COC(=O)c1cc(N2CCOCC2)ccc1NC(=O)/C=C/c1c(F)cccc1F. The van der Waals surface area contributed by atoms with Gasteiger partial charge in [-0.1, -0.05) is 6.07 Å². The largest absolute Gasteiger partial charge is 0.465 e. The van der Waals surface area contributed by atoms with Crippen molar-refractivity contribution >= 4 is 29.3 Å². The predicted molar refractivity (Wildman–Crippen MR) is 105 cm³/mol. The van der Waals surface area contributed by atoms with Crippen molar-refractivity contribution in [2.75, 3.05) is 43.6 Å². The van der Waals surface area contributed by atoms with Gasteiger partial charge in [0.05, 0.1) is 31.6 Å². The quantitative estimate of drug-likeness (QED) is 0.614. The third-order valence-electron chi connectivity index (χ3n) is 4.44. The van der Waals surface area contributed by atoms with E-state index in [4.69, 9.17) is 9.47 Å². The number of nitrogens with one attached hydrogen (secondary N) is 1. The number of carbonyl (C=O) groups excluding carboxylic acids is 2. The molecule has 8 heteroatoms. The van der Waals surface area contributed by atoms with Crippen molar-refractivity contribution < 1.29 is 27.8 Å². The van der Waals surface area contributed by atoms with Crippen LogP contribution < -0.4 is 10.2 Å². The molecule has 1 saturated heterocycles. The molecule has 0 bridgehead atoms. The molecular formula is C21H20F2N2O4. The van der Waals surface area contributed by atoms with E-state index in [1.54, 1.807) is 18.2 Å². The van der Waals surface area contributed by atoms with Gasteiger partial charge in [-0.25, -0.2) is 13.6 Å². The molecular weight excluding hydrogens is 382 g/mol. The Labute approximate surface area is 166 Å².